The maximum atomic E-state index is 11.6. The van der Waals surface area contributed by atoms with Crippen molar-refractivity contribution < 1.29 is 9.90 Å². The first-order valence-corrected chi connectivity index (χ1v) is 7.11. The first-order chi connectivity index (χ1) is 9.61. The minimum absolute atomic E-state index is 0.0516. The number of aliphatic hydroxyl groups is 1. The predicted octanol–water partition coefficient (Wildman–Crippen LogP) is 1.12. The molecule has 0 radical (unpaired) electrons. The van der Waals surface area contributed by atoms with E-state index < -0.39 is 0 Å². The highest BCUT2D eigenvalue weighted by Crippen LogP contribution is 2.30. The van der Waals surface area contributed by atoms with Crippen molar-refractivity contribution in [2.75, 3.05) is 24.6 Å². The zero-order chi connectivity index (χ0) is 14.5. The molecule has 2 rings (SSSR count). The maximum Gasteiger partial charge on any atom is 0.315 e. The largest absolute Gasteiger partial charge is 0.394 e. The monoisotopic (exact) mass is 277 g/mol. The van der Waals surface area contributed by atoms with Gasteiger partial charge in [0, 0.05) is 24.8 Å². The van der Waals surface area contributed by atoms with Crippen LogP contribution in [-0.4, -0.2) is 42.9 Å². The van der Waals surface area contributed by atoms with E-state index in [0.717, 1.165) is 13.0 Å². The van der Waals surface area contributed by atoms with E-state index in [2.05, 4.69) is 40.7 Å². The molecule has 5 nitrogen and oxygen atoms in total. The van der Waals surface area contributed by atoms with Gasteiger partial charge in [-0.2, -0.15) is 0 Å². The molecule has 1 unspecified atom stereocenters. The van der Waals surface area contributed by atoms with Crippen LogP contribution in [0.5, 0.6) is 0 Å². The summed E-state index contributed by atoms with van der Waals surface area (Å²) in [5.41, 5.74) is 2.64. The number of urea groups is 1. The summed E-state index contributed by atoms with van der Waals surface area (Å²) >= 11 is 0. The molecule has 1 aromatic rings. The third kappa shape index (κ3) is 3.42. The van der Waals surface area contributed by atoms with E-state index in [9.17, 15) is 4.79 Å². The molecule has 0 aliphatic carbocycles. The number of para-hydroxylation sites is 1. The van der Waals surface area contributed by atoms with Crippen molar-refractivity contribution in [2.24, 2.45) is 0 Å². The van der Waals surface area contributed by atoms with Crippen molar-refractivity contribution in [3.63, 3.8) is 0 Å². The van der Waals surface area contributed by atoms with E-state index in [1.54, 1.807) is 6.92 Å². The number of hydrogen-bond acceptors (Lipinski definition) is 3. The summed E-state index contributed by atoms with van der Waals surface area (Å²) < 4.78 is 0. The molecule has 0 fully saturated rings. The molecule has 0 spiro atoms. The first kappa shape index (κ1) is 14.7. The van der Waals surface area contributed by atoms with Gasteiger partial charge in [0.25, 0.3) is 0 Å². The SMILES string of the molecule is CC1Cc2ccccc2N1CCNC(=O)N[C@@H](C)CO. The van der Waals surface area contributed by atoms with Gasteiger partial charge in [-0.05, 0) is 31.9 Å². The smallest absolute Gasteiger partial charge is 0.315 e. The highest BCUT2D eigenvalue weighted by Gasteiger charge is 2.24. The van der Waals surface area contributed by atoms with Crippen LogP contribution in [0.4, 0.5) is 10.5 Å². The summed E-state index contributed by atoms with van der Waals surface area (Å²) in [6, 6.07) is 8.42. The number of amides is 2. The second kappa shape index (κ2) is 6.61. The van der Waals surface area contributed by atoms with Crippen molar-refractivity contribution in [3.05, 3.63) is 29.8 Å². The van der Waals surface area contributed by atoms with Crippen LogP contribution >= 0.6 is 0 Å². The maximum absolute atomic E-state index is 11.6. The predicted molar refractivity (Wildman–Crippen MR) is 80.0 cm³/mol. The number of nitrogens with one attached hydrogen (secondary N) is 2. The lowest BCUT2D eigenvalue weighted by molar-refractivity contribution is 0.220. The second-order valence-electron chi connectivity index (χ2n) is 5.36. The quantitative estimate of drug-likeness (QED) is 0.755. The number of benzene rings is 1. The minimum atomic E-state index is -0.230. The van der Waals surface area contributed by atoms with Gasteiger partial charge in [0.1, 0.15) is 0 Å². The molecule has 2 atom stereocenters. The Balaban J connectivity index is 1.81. The molecule has 5 heteroatoms. The summed E-state index contributed by atoms with van der Waals surface area (Å²) in [7, 11) is 0. The van der Waals surface area contributed by atoms with Crippen LogP contribution in [0.25, 0.3) is 0 Å². The van der Waals surface area contributed by atoms with Gasteiger partial charge in [0.15, 0.2) is 0 Å². The Morgan fingerprint density at radius 3 is 3.00 bits per heavy atom. The lowest BCUT2D eigenvalue weighted by atomic mass is 10.1. The topological polar surface area (TPSA) is 64.6 Å². The van der Waals surface area contributed by atoms with Gasteiger partial charge in [0.2, 0.25) is 0 Å². The molecule has 1 aliphatic heterocycles. The second-order valence-corrected chi connectivity index (χ2v) is 5.36. The number of hydrogen-bond donors (Lipinski definition) is 3. The standard InChI is InChI=1S/C15H23N3O2/c1-11(10-19)17-15(20)16-7-8-18-12(2)9-13-5-3-4-6-14(13)18/h3-6,11-12,19H,7-10H2,1-2H3,(H2,16,17,20)/t11-,12?/m0/s1. The van der Waals surface area contributed by atoms with Crippen LogP contribution in [0.15, 0.2) is 24.3 Å². The van der Waals surface area contributed by atoms with Gasteiger partial charge < -0.3 is 20.6 Å². The van der Waals surface area contributed by atoms with E-state index in [-0.39, 0.29) is 18.7 Å². The van der Waals surface area contributed by atoms with E-state index in [0.29, 0.717) is 12.6 Å². The molecule has 0 saturated carbocycles. The zero-order valence-corrected chi connectivity index (χ0v) is 12.1. The molecule has 1 aromatic carbocycles. The van der Waals surface area contributed by atoms with Crippen LogP contribution in [-0.2, 0) is 6.42 Å². The van der Waals surface area contributed by atoms with Crippen molar-refractivity contribution >= 4 is 11.7 Å². The number of anilines is 1. The number of nitrogens with zero attached hydrogens (tertiary/aromatic N) is 1. The fraction of sp³-hybridized carbons (Fsp3) is 0.533. The molecule has 2 amide bonds. The molecular weight excluding hydrogens is 254 g/mol. The van der Waals surface area contributed by atoms with Crippen molar-refractivity contribution in [1.82, 2.24) is 10.6 Å². The Bertz CT molecular complexity index is 464. The summed E-state index contributed by atoms with van der Waals surface area (Å²) in [6.07, 6.45) is 1.06. The number of aliphatic hydroxyl groups excluding tert-OH is 1. The number of carbonyl (C=O) groups excluding carboxylic acids is 1. The Morgan fingerprint density at radius 1 is 1.50 bits per heavy atom. The fourth-order valence-corrected chi connectivity index (χ4v) is 2.58. The number of rotatable bonds is 5. The highest BCUT2D eigenvalue weighted by atomic mass is 16.3. The van der Waals surface area contributed by atoms with Crippen LogP contribution in [0.1, 0.15) is 19.4 Å². The Morgan fingerprint density at radius 2 is 2.25 bits per heavy atom. The molecule has 20 heavy (non-hydrogen) atoms. The molecule has 3 N–H and O–H groups in total. The van der Waals surface area contributed by atoms with E-state index in [1.807, 2.05) is 6.07 Å². The van der Waals surface area contributed by atoms with Crippen molar-refractivity contribution in [2.45, 2.75) is 32.4 Å². The summed E-state index contributed by atoms with van der Waals surface area (Å²) in [6.45, 7) is 5.29. The Kier molecular flexibility index (Phi) is 4.84. The van der Waals surface area contributed by atoms with Gasteiger partial charge in [0.05, 0.1) is 12.6 Å². The highest BCUT2D eigenvalue weighted by molar-refractivity contribution is 5.74. The van der Waals surface area contributed by atoms with E-state index in [4.69, 9.17) is 5.11 Å². The summed E-state index contributed by atoms with van der Waals surface area (Å²) in [5, 5.41) is 14.4. The third-order valence-corrected chi connectivity index (χ3v) is 3.64. The lowest BCUT2D eigenvalue weighted by Crippen LogP contribution is -2.45. The molecule has 110 valence electrons. The van der Waals surface area contributed by atoms with Gasteiger partial charge in [-0.25, -0.2) is 4.79 Å². The molecule has 0 saturated heterocycles. The minimum Gasteiger partial charge on any atom is -0.394 e. The molecule has 0 aromatic heterocycles. The van der Waals surface area contributed by atoms with Crippen LogP contribution < -0.4 is 15.5 Å². The number of fused-ring (bicyclic) bond motifs is 1. The van der Waals surface area contributed by atoms with Crippen molar-refractivity contribution in [1.29, 1.82) is 0 Å². The van der Waals surface area contributed by atoms with Crippen LogP contribution in [0.3, 0.4) is 0 Å². The van der Waals surface area contributed by atoms with Gasteiger partial charge in [-0.1, -0.05) is 18.2 Å². The van der Waals surface area contributed by atoms with Gasteiger partial charge in [-0.3, -0.25) is 0 Å². The van der Waals surface area contributed by atoms with Crippen LogP contribution in [0, 0.1) is 0 Å². The Labute approximate surface area is 120 Å². The van der Waals surface area contributed by atoms with E-state index >= 15 is 0 Å². The average Bonchev–Trinajstić information content (AvgIpc) is 2.75. The van der Waals surface area contributed by atoms with Gasteiger partial charge >= 0.3 is 6.03 Å². The summed E-state index contributed by atoms with van der Waals surface area (Å²) in [4.78, 5) is 13.9. The molecule has 1 heterocycles. The lowest BCUT2D eigenvalue weighted by Gasteiger charge is -2.25. The molecular formula is C15H23N3O2. The van der Waals surface area contributed by atoms with Crippen LogP contribution in [0.2, 0.25) is 0 Å². The zero-order valence-electron chi connectivity index (χ0n) is 12.1. The number of carbonyl (C=O) groups is 1. The first-order valence-electron chi connectivity index (χ1n) is 7.11. The summed E-state index contributed by atoms with van der Waals surface area (Å²) in [5.74, 6) is 0. The van der Waals surface area contributed by atoms with E-state index in [1.165, 1.54) is 11.3 Å². The van der Waals surface area contributed by atoms with Crippen molar-refractivity contribution in [3.8, 4) is 0 Å². The molecule has 0 bridgehead atoms. The normalized spacial score (nSPS) is 18.6. The van der Waals surface area contributed by atoms with Gasteiger partial charge in [-0.15, -0.1) is 0 Å². The Hall–Kier alpha value is -1.75. The third-order valence-electron chi connectivity index (χ3n) is 3.64. The average molecular weight is 277 g/mol. The molecule has 1 aliphatic rings. The fourth-order valence-electron chi connectivity index (χ4n) is 2.58.